The van der Waals surface area contributed by atoms with Crippen LogP contribution in [0.2, 0.25) is 5.02 Å². The van der Waals surface area contributed by atoms with E-state index in [1.54, 1.807) is 24.3 Å². The van der Waals surface area contributed by atoms with E-state index in [-0.39, 0.29) is 29.6 Å². The van der Waals surface area contributed by atoms with E-state index in [0.29, 0.717) is 11.3 Å². The maximum absolute atomic E-state index is 13.8. The summed E-state index contributed by atoms with van der Waals surface area (Å²) in [6, 6.07) is 9.86. The minimum absolute atomic E-state index is 0.0245. The number of amides is 4. The van der Waals surface area contributed by atoms with Crippen molar-refractivity contribution in [2.24, 2.45) is 0 Å². The van der Waals surface area contributed by atoms with Gasteiger partial charge in [-0.2, -0.15) is 0 Å². The third-order valence-corrected chi connectivity index (χ3v) is 3.87. The minimum Gasteiger partial charge on any atom is -0.329 e. The van der Waals surface area contributed by atoms with Crippen LogP contribution in [0.25, 0.3) is 0 Å². The van der Waals surface area contributed by atoms with E-state index in [0.717, 1.165) is 11.0 Å². The summed E-state index contributed by atoms with van der Waals surface area (Å²) >= 11 is 5.79. The molecule has 0 radical (unpaired) electrons. The quantitative estimate of drug-likeness (QED) is 0.822. The summed E-state index contributed by atoms with van der Waals surface area (Å²) in [5.74, 6) is -1.65. The largest absolute Gasteiger partial charge is 0.329 e. The van der Waals surface area contributed by atoms with Crippen molar-refractivity contribution in [3.63, 3.8) is 0 Å². The van der Waals surface area contributed by atoms with Gasteiger partial charge in [-0.05, 0) is 35.9 Å². The Labute approximate surface area is 147 Å². The second kappa shape index (κ2) is 6.90. The van der Waals surface area contributed by atoms with E-state index in [2.05, 4.69) is 10.6 Å². The van der Waals surface area contributed by atoms with Gasteiger partial charge in [0.1, 0.15) is 5.82 Å². The van der Waals surface area contributed by atoms with Gasteiger partial charge in [-0.15, -0.1) is 0 Å². The second-order valence-corrected chi connectivity index (χ2v) is 5.85. The fraction of sp³-hybridized carbons (Fsp3) is 0.118. The zero-order valence-corrected chi connectivity index (χ0v) is 13.6. The van der Waals surface area contributed by atoms with Crippen molar-refractivity contribution in [3.8, 4) is 0 Å². The molecule has 8 heteroatoms. The maximum atomic E-state index is 13.8. The van der Waals surface area contributed by atoms with E-state index in [4.69, 9.17) is 11.6 Å². The van der Waals surface area contributed by atoms with Crippen molar-refractivity contribution in [1.82, 2.24) is 10.2 Å². The van der Waals surface area contributed by atoms with Gasteiger partial charge in [-0.1, -0.05) is 23.7 Å². The Bertz CT molecular complexity index is 856. The summed E-state index contributed by atoms with van der Waals surface area (Å²) in [5.41, 5.74) is 0.885. The molecule has 128 valence electrons. The summed E-state index contributed by atoms with van der Waals surface area (Å²) in [7, 11) is 0. The molecule has 2 aromatic rings. The lowest BCUT2D eigenvalue weighted by atomic mass is 10.1. The zero-order valence-electron chi connectivity index (χ0n) is 12.9. The maximum Gasteiger partial charge on any atom is 0.324 e. The SMILES string of the molecule is O=C(Nc1cccc(CN2C(=O)CNC2=O)c1)c1cc(Cl)ccc1F. The van der Waals surface area contributed by atoms with Crippen molar-refractivity contribution < 1.29 is 18.8 Å². The summed E-state index contributed by atoms with van der Waals surface area (Å²) in [6.45, 7) is 0.0587. The number of rotatable bonds is 4. The smallest absolute Gasteiger partial charge is 0.324 e. The molecular formula is C17H13ClFN3O3. The molecule has 1 aliphatic heterocycles. The number of halogens is 2. The van der Waals surface area contributed by atoms with E-state index in [1.807, 2.05) is 0 Å². The number of carbonyl (C=O) groups excluding carboxylic acids is 3. The predicted octanol–water partition coefficient (Wildman–Crippen LogP) is 2.78. The van der Waals surface area contributed by atoms with E-state index in [9.17, 15) is 18.8 Å². The molecule has 6 nitrogen and oxygen atoms in total. The average Bonchev–Trinajstić information content (AvgIpc) is 2.89. The lowest BCUT2D eigenvalue weighted by Crippen LogP contribution is -2.30. The van der Waals surface area contributed by atoms with Crippen molar-refractivity contribution in [2.45, 2.75) is 6.54 Å². The van der Waals surface area contributed by atoms with Crippen molar-refractivity contribution in [3.05, 3.63) is 64.4 Å². The molecule has 1 aliphatic rings. The molecule has 0 atom stereocenters. The number of hydrogen-bond donors (Lipinski definition) is 2. The first-order chi connectivity index (χ1) is 11.9. The number of imide groups is 1. The lowest BCUT2D eigenvalue weighted by molar-refractivity contribution is -0.125. The summed E-state index contributed by atoms with van der Waals surface area (Å²) in [6.07, 6.45) is 0. The van der Waals surface area contributed by atoms with Crippen LogP contribution < -0.4 is 10.6 Å². The Hall–Kier alpha value is -2.93. The molecule has 0 aromatic heterocycles. The van der Waals surface area contributed by atoms with Gasteiger partial charge in [0.15, 0.2) is 0 Å². The number of hydrogen-bond acceptors (Lipinski definition) is 3. The highest BCUT2D eigenvalue weighted by atomic mass is 35.5. The topological polar surface area (TPSA) is 78.5 Å². The molecule has 25 heavy (non-hydrogen) atoms. The van der Waals surface area contributed by atoms with E-state index in [1.165, 1.54) is 12.1 Å². The molecule has 4 amide bonds. The van der Waals surface area contributed by atoms with E-state index >= 15 is 0 Å². The number of urea groups is 1. The first kappa shape index (κ1) is 16.9. The molecule has 1 fully saturated rings. The van der Waals surface area contributed by atoms with Crippen LogP contribution in [0.4, 0.5) is 14.9 Å². The van der Waals surface area contributed by atoms with Crippen LogP contribution in [0.3, 0.4) is 0 Å². The van der Waals surface area contributed by atoms with Gasteiger partial charge >= 0.3 is 6.03 Å². The fourth-order valence-electron chi connectivity index (χ4n) is 2.42. The van der Waals surface area contributed by atoms with Crippen molar-refractivity contribution >= 4 is 35.1 Å². The molecule has 0 unspecified atom stereocenters. The molecule has 1 saturated heterocycles. The Morgan fingerprint density at radius 1 is 1.24 bits per heavy atom. The molecule has 1 heterocycles. The Kier molecular flexibility index (Phi) is 4.67. The molecule has 0 saturated carbocycles. The monoisotopic (exact) mass is 361 g/mol. The zero-order chi connectivity index (χ0) is 18.0. The third kappa shape index (κ3) is 3.77. The van der Waals surface area contributed by atoms with Crippen LogP contribution >= 0.6 is 11.6 Å². The molecule has 2 N–H and O–H groups in total. The molecule has 2 aromatic carbocycles. The Morgan fingerprint density at radius 2 is 2.04 bits per heavy atom. The Morgan fingerprint density at radius 3 is 2.76 bits per heavy atom. The number of anilines is 1. The number of nitrogens with one attached hydrogen (secondary N) is 2. The van der Waals surface area contributed by atoms with Gasteiger partial charge in [0.25, 0.3) is 5.91 Å². The highest BCUT2D eigenvalue weighted by Gasteiger charge is 2.28. The molecule has 3 rings (SSSR count). The average molecular weight is 362 g/mol. The second-order valence-electron chi connectivity index (χ2n) is 5.42. The van der Waals surface area contributed by atoms with Crippen LogP contribution in [0, 0.1) is 5.82 Å². The van der Waals surface area contributed by atoms with Crippen LogP contribution in [0.1, 0.15) is 15.9 Å². The fourth-order valence-corrected chi connectivity index (χ4v) is 2.59. The van der Waals surface area contributed by atoms with Crippen LogP contribution in [0.15, 0.2) is 42.5 Å². The highest BCUT2D eigenvalue weighted by Crippen LogP contribution is 2.18. The number of benzene rings is 2. The van der Waals surface area contributed by atoms with Gasteiger partial charge < -0.3 is 10.6 Å². The van der Waals surface area contributed by atoms with Crippen LogP contribution in [-0.2, 0) is 11.3 Å². The number of nitrogens with zero attached hydrogens (tertiary/aromatic N) is 1. The van der Waals surface area contributed by atoms with Gasteiger partial charge in [0, 0.05) is 10.7 Å². The molecular weight excluding hydrogens is 349 g/mol. The van der Waals surface area contributed by atoms with Gasteiger partial charge in [0.05, 0.1) is 18.7 Å². The third-order valence-electron chi connectivity index (χ3n) is 3.64. The van der Waals surface area contributed by atoms with Gasteiger partial charge in [-0.25, -0.2) is 9.18 Å². The van der Waals surface area contributed by atoms with Crippen molar-refractivity contribution in [2.75, 3.05) is 11.9 Å². The van der Waals surface area contributed by atoms with Crippen LogP contribution in [0.5, 0.6) is 0 Å². The predicted molar refractivity (Wildman–Crippen MR) is 89.8 cm³/mol. The first-order valence-corrected chi connectivity index (χ1v) is 7.75. The van der Waals surface area contributed by atoms with E-state index < -0.39 is 17.8 Å². The minimum atomic E-state index is -0.683. The van der Waals surface area contributed by atoms with Gasteiger partial charge in [-0.3, -0.25) is 14.5 Å². The number of carbonyl (C=O) groups is 3. The molecule has 0 aliphatic carbocycles. The normalized spacial score (nSPS) is 13.8. The summed E-state index contributed by atoms with van der Waals surface area (Å²) in [4.78, 5) is 36.5. The summed E-state index contributed by atoms with van der Waals surface area (Å²) < 4.78 is 13.8. The lowest BCUT2D eigenvalue weighted by Gasteiger charge is -2.13. The Balaban J connectivity index is 1.75. The van der Waals surface area contributed by atoms with Crippen molar-refractivity contribution in [1.29, 1.82) is 0 Å². The first-order valence-electron chi connectivity index (χ1n) is 7.37. The van der Waals surface area contributed by atoms with Crippen LogP contribution in [-0.4, -0.2) is 29.3 Å². The highest BCUT2D eigenvalue weighted by molar-refractivity contribution is 6.31. The molecule has 0 bridgehead atoms. The van der Waals surface area contributed by atoms with Gasteiger partial charge in [0.2, 0.25) is 5.91 Å². The molecule has 0 spiro atoms. The standard InChI is InChI=1S/C17H13ClFN3O3/c18-11-4-5-14(19)13(7-11)16(24)21-12-3-1-2-10(6-12)9-22-15(23)8-20-17(22)25/h1-7H,8-9H2,(H,20,25)(H,21,24). The summed E-state index contributed by atoms with van der Waals surface area (Å²) in [5, 5.41) is 5.25.